The summed E-state index contributed by atoms with van der Waals surface area (Å²) < 4.78 is 38.5. The number of hydrogen-bond acceptors (Lipinski definition) is 4. The predicted octanol–water partition coefficient (Wildman–Crippen LogP) is 6.08. The van der Waals surface area contributed by atoms with E-state index in [1.165, 1.54) is 6.07 Å². The Morgan fingerprint density at radius 1 is 1.12 bits per heavy atom. The molecule has 0 N–H and O–H groups in total. The number of nitrogens with zero attached hydrogens (tertiary/aromatic N) is 4. The topological polar surface area (TPSA) is 59.0 Å². The van der Waals surface area contributed by atoms with E-state index >= 15 is 0 Å². The van der Waals surface area contributed by atoms with E-state index in [0.717, 1.165) is 25.1 Å². The van der Waals surface area contributed by atoms with E-state index in [1.807, 2.05) is 4.90 Å². The van der Waals surface area contributed by atoms with Crippen molar-refractivity contribution in [2.24, 2.45) is 5.92 Å². The van der Waals surface area contributed by atoms with Crippen LogP contribution in [-0.2, 0) is 12.6 Å². The quantitative estimate of drug-likeness (QED) is 0.436. The third-order valence-corrected chi connectivity index (χ3v) is 6.57. The lowest BCUT2D eigenvalue weighted by Crippen LogP contribution is -2.48. The molecule has 1 amide bonds. The lowest BCUT2D eigenvalue weighted by molar-refractivity contribution is -0.137. The van der Waals surface area contributed by atoms with Gasteiger partial charge in [-0.2, -0.15) is 13.2 Å². The second-order valence-corrected chi connectivity index (χ2v) is 8.90. The van der Waals surface area contributed by atoms with Crippen molar-refractivity contribution in [2.45, 2.75) is 44.8 Å². The fourth-order valence-corrected chi connectivity index (χ4v) is 4.75. The third-order valence-electron chi connectivity index (χ3n) is 6.26. The lowest BCUT2D eigenvalue weighted by Gasteiger charge is -2.40. The average molecular weight is 489 g/mol. The number of aromatic nitrogens is 3. The Bertz CT molecular complexity index is 1140. The Labute approximate surface area is 201 Å². The maximum atomic E-state index is 13.7. The molecule has 0 saturated carbocycles. The smallest absolute Gasteiger partial charge is 0.335 e. The van der Waals surface area contributed by atoms with Crippen LogP contribution in [0.1, 0.15) is 47.8 Å². The van der Waals surface area contributed by atoms with Crippen LogP contribution in [0.5, 0.6) is 0 Å². The predicted molar refractivity (Wildman–Crippen MR) is 123 cm³/mol. The van der Waals surface area contributed by atoms with Crippen LogP contribution in [-0.4, -0.2) is 38.3 Å². The first-order chi connectivity index (χ1) is 16.3. The van der Waals surface area contributed by atoms with Crippen LogP contribution in [0.15, 0.2) is 55.0 Å². The van der Waals surface area contributed by atoms with E-state index in [9.17, 15) is 18.0 Å². The van der Waals surface area contributed by atoms with Gasteiger partial charge in [0.1, 0.15) is 0 Å². The number of aryl methyl sites for hydroxylation is 1. The Morgan fingerprint density at radius 2 is 1.88 bits per heavy atom. The van der Waals surface area contributed by atoms with Gasteiger partial charge in [-0.3, -0.25) is 9.78 Å². The van der Waals surface area contributed by atoms with E-state index in [4.69, 9.17) is 11.6 Å². The molecular formula is C25H24ClF3N4O. The van der Waals surface area contributed by atoms with Crippen LogP contribution >= 0.6 is 11.6 Å². The van der Waals surface area contributed by atoms with Crippen molar-refractivity contribution in [1.82, 2.24) is 19.9 Å². The summed E-state index contributed by atoms with van der Waals surface area (Å²) in [5.41, 5.74) is 0.733. The fourth-order valence-electron chi connectivity index (χ4n) is 4.49. The van der Waals surface area contributed by atoms with Gasteiger partial charge in [-0.1, -0.05) is 24.6 Å². The van der Waals surface area contributed by atoms with Crippen LogP contribution < -0.4 is 0 Å². The summed E-state index contributed by atoms with van der Waals surface area (Å²) in [4.78, 5) is 28.1. The molecular weight excluding hydrogens is 465 g/mol. The highest BCUT2D eigenvalue weighted by molar-refractivity contribution is 6.34. The number of halogens is 4. The molecule has 0 radical (unpaired) electrons. The van der Waals surface area contributed by atoms with Crippen molar-refractivity contribution in [3.05, 3.63) is 76.8 Å². The van der Waals surface area contributed by atoms with Gasteiger partial charge in [0.25, 0.3) is 5.91 Å². The summed E-state index contributed by atoms with van der Waals surface area (Å²) >= 11 is 6.46. The molecule has 2 aromatic heterocycles. The molecule has 34 heavy (non-hydrogen) atoms. The Hall–Kier alpha value is -3.00. The lowest BCUT2D eigenvalue weighted by atomic mass is 9.86. The van der Waals surface area contributed by atoms with Crippen molar-refractivity contribution in [3.8, 4) is 11.4 Å². The highest BCUT2D eigenvalue weighted by atomic mass is 35.5. The molecule has 9 heteroatoms. The maximum Gasteiger partial charge on any atom is 0.417 e. The molecule has 0 spiro atoms. The molecule has 0 unspecified atom stereocenters. The second kappa shape index (κ2) is 10.1. The van der Waals surface area contributed by atoms with Crippen molar-refractivity contribution in [2.75, 3.05) is 6.54 Å². The van der Waals surface area contributed by atoms with E-state index in [2.05, 4.69) is 21.9 Å². The van der Waals surface area contributed by atoms with Crippen molar-refractivity contribution >= 4 is 17.5 Å². The van der Waals surface area contributed by atoms with Crippen LogP contribution in [0.4, 0.5) is 13.2 Å². The second-order valence-electron chi connectivity index (χ2n) is 8.49. The van der Waals surface area contributed by atoms with Gasteiger partial charge in [0.2, 0.25) is 0 Å². The van der Waals surface area contributed by atoms with Crippen molar-refractivity contribution in [3.63, 3.8) is 0 Å². The maximum absolute atomic E-state index is 13.7. The first-order valence-corrected chi connectivity index (χ1v) is 11.5. The number of hydrogen-bond donors (Lipinski definition) is 0. The van der Waals surface area contributed by atoms with E-state index < -0.39 is 11.7 Å². The molecule has 1 aliphatic heterocycles. The highest BCUT2D eigenvalue weighted by Crippen LogP contribution is 2.34. The first-order valence-electron chi connectivity index (χ1n) is 11.1. The minimum atomic E-state index is -4.41. The number of carbonyl (C=O) groups is 1. The van der Waals surface area contributed by atoms with E-state index in [-0.39, 0.29) is 17.9 Å². The molecule has 1 aromatic carbocycles. The highest BCUT2D eigenvalue weighted by Gasteiger charge is 2.34. The largest absolute Gasteiger partial charge is 0.417 e. The zero-order valence-corrected chi connectivity index (χ0v) is 19.4. The van der Waals surface area contributed by atoms with E-state index in [0.29, 0.717) is 47.1 Å². The number of benzene rings is 1. The summed E-state index contributed by atoms with van der Waals surface area (Å²) in [5.74, 6) is 0.469. The summed E-state index contributed by atoms with van der Waals surface area (Å²) in [5, 5.41) is 0.396. The zero-order valence-electron chi connectivity index (χ0n) is 18.6. The number of rotatable bonds is 5. The standard InChI is InChI=1S/C25H24ClF3N4O/c1-16-5-3-14-33(21(16)11-10-18-9-8-17(15-32-18)25(27,28)29)24(34)19-6-2-7-20(26)22(19)23-30-12-4-13-31-23/h2,4,6-9,12-13,15-16,21H,3,5,10-11,14H2,1H3/t16-,21-/m1/s1. The minimum absolute atomic E-state index is 0.0751. The van der Waals surface area contributed by atoms with Gasteiger partial charge in [-0.15, -0.1) is 0 Å². The van der Waals surface area contributed by atoms with Crippen LogP contribution in [0.2, 0.25) is 5.02 Å². The number of carbonyl (C=O) groups excluding carboxylic acids is 1. The monoisotopic (exact) mass is 488 g/mol. The zero-order chi connectivity index (χ0) is 24.3. The Morgan fingerprint density at radius 3 is 2.56 bits per heavy atom. The number of alkyl halides is 3. The number of amides is 1. The minimum Gasteiger partial charge on any atom is -0.335 e. The number of piperidine rings is 1. The molecule has 4 rings (SSSR count). The molecule has 1 saturated heterocycles. The van der Waals surface area contributed by atoms with Gasteiger partial charge in [0, 0.05) is 36.9 Å². The van der Waals surface area contributed by atoms with Crippen molar-refractivity contribution < 1.29 is 18.0 Å². The van der Waals surface area contributed by atoms with Gasteiger partial charge in [-0.05, 0) is 61.9 Å². The molecule has 2 atom stereocenters. The van der Waals surface area contributed by atoms with Crippen LogP contribution in [0.3, 0.4) is 0 Å². The molecule has 0 aliphatic carbocycles. The Balaban J connectivity index is 1.57. The Kier molecular flexibility index (Phi) is 7.16. The number of likely N-dealkylation sites (tertiary alicyclic amines) is 1. The summed E-state index contributed by atoms with van der Waals surface area (Å²) in [6, 6.07) is 9.24. The molecule has 0 bridgehead atoms. The molecule has 178 valence electrons. The number of pyridine rings is 1. The van der Waals surface area contributed by atoms with E-state index in [1.54, 1.807) is 36.7 Å². The van der Waals surface area contributed by atoms with Gasteiger partial charge >= 0.3 is 6.18 Å². The normalized spacial score (nSPS) is 18.7. The molecule has 3 aromatic rings. The SMILES string of the molecule is C[C@@H]1CCCN(C(=O)c2cccc(Cl)c2-c2ncccn2)[C@@H]1CCc1ccc(C(F)(F)F)cn1. The molecule has 5 nitrogen and oxygen atoms in total. The van der Waals surface area contributed by atoms with Gasteiger partial charge < -0.3 is 4.90 Å². The van der Waals surface area contributed by atoms with Gasteiger partial charge in [0.05, 0.1) is 21.7 Å². The summed E-state index contributed by atoms with van der Waals surface area (Å²) in [7, 11) is 0. The first kappa shape index (κ1) is 24.1. The van der Waals surface area contributed by atoms with Crippen LogP contribution in [0.25, 0.3) is 11.4 Å². The third kappa shape index (κ3) is 5.22. The molecule has 1 fully saturated rings. The summed E-state index contributed by atoms with van der Waals surface area (Å²) in [6.45, 7) is 2.69. The molecule has 1 aliphatic rings. The van der Waals surface area contributed by atoms with Gasteiger partial charge in [-0.25, -0.2) is 9.97 Å². The average Bonchev–Trinajstić information content (AvgIpc) is 2.83. The van der Waals surface area contributed by atoms with Gasteiger partial charge in [0.15, 0.2) is 5.82 Å². The molecule has 3 heterocycles. The summed E-state index contributed by atoms with van der Waals surface area (Å²) in [6.07, 6.45) is 2.57. The van der Waals surface area contributed by atoms with Crippen LogP contribution in [0, 0.1) is 5.92 Å². The fraction of sp³-hybridized carbons (Fsp3) is 0.360. The van der Waals surface area contributed by atoms with Crippen molar-refractivity contribution in [1.29, 1.82) is 0 Å².